The number of halogens is 1. The fraction of sp³-hybridized carbons (Fsp3) is 0.316. The summed E-state index contributed by atoms with van der Waals surface area (Å²) in [5.74, 6) is 0.722. The fourth-order valence-electron chi connectivity index (χ4n) is 2.96. The van der Waals surface area contributed by atoms with E-state index in [-0.39, 0.29) is 17.6 Å². The highest BCUT2D eigenvalue weighted by molar-refractivity contribution is 6.30. The minimum atomic E-state index is -0.326. The van der Waals surface area contributed by atoms with Gasteiger partial charge in [-0.3, -0.25) is 4.79 Å². The lowest BCUT2D eigenvalue weighted by atomic mass is 9.89. The van der Waals surface area contributed by atoms with Gasteiger partial charge in [0.05, 0.1) is 6.04 Å². The first-order chi connectivity index (χ1) is 10.8. The number of ether oxygens (including phenoxy) is 1. The second kappa shape index (κ2) is 5.89. The molecule has 0 bridgehead atoms. The quantitative estimate of drug-likeness (QED) is 0.868. The van der Waals surface area contributed by atoms with E-state index in [1.807, 2.05) is 39.0 Å². The van der Waals surface area contributed by atoms with Crippen molar-refractivity contribution in [1.82, 2.24) is 5.32 Å². The summed E-state index contributed by atoms with van der Waals surface area (Å²) in [7, 11) is 0. The fourth-order valence-corrected chi connectivity index (χ4v) is 3.15. The van der Waals surface area contributed by atoms with Crippen molar-refractivity contribution >= 4 is 17.5 Å². The Bertz CT molecular complexity index is 755. The smallest absolute Gasteiger partial charge is 0.251 e. The van der Waals surface area contributed by atoms with E-state index >= 15 is 0 Å². The van der Waals surface area contributed by atoms with Gasteiger partial charge < -0.3 is 10.1 Å². The van der Waals surface area contributed by atoms with Crippen molar-refractivity contribution in [3.63, 3.8) is 0 Å². The van der Waals surface area contributed by atoms with Crippen LogP contribution in [0.25, 0.3) is 0 Å². The van der Waals surface area contributed by atoms with Crippen molar-refractivity contribution in [2.24, 2.45) is 0 Å². The molecule has 23 heavy (non-hydrogen) atoms. The zero-order valence-electron chi connectivity index (χ0n) is 13.5. The first-order valence-corrected chi connectivity index (χ1v) is 8.08. The number of hydrogen-bond donors (Lipinski definition) is 1. The van der Waals surface area contributed by atoms with Gasteiger partial charge in [-0.05, 0) is 50.6 Å². The van der Waals surface area contributed by atoms with Crippen molar-refractivity contribution in [3.05, 3.63) is 64.2 Å². The molecule has 2 aromatic carbocycles. The van der Waals surface area contributed by atoms with Crippen LogP contribution in [0.4, 0.5) is 0 Å². The van der Waals surface area contributed by atoms with Crippen molar-refractivity contribution in [1.29, 1.82) is 0 Å². The molecule has 1 N–H and O–H groups in total. The first kappa shape index (κ1) is 15.9. The van der Waals surface area contributed by atoms with Gasteiger partial charge in [-0.2, -0.15) is 0 Å². The molecule has 1 unspecified atom stereocenters. The van der Waals surface area contributed by atoms with E-state index in [4.69, 9.17) is 16.3 Å². The molecule has 120 valence electrons. The lowest BCUT2D eigenvalue weighted by Crippen LogP contribution is -2.41. The van der Waals surface area contributed by atoms with E-state index in [1.165, 1.54) is 0 Å². The summed E-state index contributed by atoms with van der Waals surface area (Å²) >= 11 is 5.98. The van der Waals surface area contributed by atoms with Crippen LogP contribution in [0, 0.1) is 6.92 Å². The molecule has 0 aliphatic carbocycles. The Morgan fingerprint density at radius 1 is 1.26 bits per heavy atom. The summed E-state index contributed by atoms with van der Waals surface area (Å²) < 4.78 is 6.06. The van der Waals surface area contributed by atoms with Gasteiger partial charge in [-0.1, -0.05) is 29.8 Å². The van der Waals surface area contributed by atoms with E-state index in [0.717, 1.165) is 23.3 Å². The molecule has 3 nitrogen and oxygen atoms in total. The van der Waals surface area contributed by atoms with Crippen LogP contribution in [0.15, 0.2) is 42.5 Å². The summed E-state index contributed by atoms with van der Waals surface area (Å²) in [6.07, 6.45) is 0.718. The van der Waals surface area contributed by atoms with E-state index in [2.05, 4.69) is 5.32 Å². The molecule has 0 fully saturated rings. The maximum absolute atomic E-state index is 12.5. The highest BCUT2D eigenvalue weighted by Crippen LogP contribution is 2.40. The van der Waals surface area contributed by atoms with Crippen LogP contribution < -0.4 is 10.1 Å². The Morgan fingerprint density at radius 2 is 2.04 bits per heavy atom. The molecule has 1 aliphatic heterocycles. The number of nitrogens with one attached hydrogen (secondary N) is 1. The third-order valence-corrected chi connectivity index (χ3v) is 4.25. The molecular weight excluding hydrogens is 310 g/mol. The highest BCUT2D eigenvalue weighted by Gasteiger charge is 2.34. The number of benzene rings is 2. The lowest BCUT2D eigenvalue weighted by molar-refractivity contribution is 0.0619. The van der Waals surface area contributed by atoms with Crippen molar-refractivity contribution in [2.75, 3.05) is 0 Å². The zero-order valence-corrected chi connectivity index (χ0v) is 14.3. The van der Waals surface area contributed by atoms with E-state index in [0.29, 0.717) is 10.6 Å². The van der Waals surface area contributed by atoms with Gasteiger partial charge in [0.2, 0.25) is 0 Å². The molecule has 0 saturated heterocycles. The van der Waals surface area contributed by atoms with E-state index < -0.39 is 0 Å². The third kappa shape index (κ3) is 3.50. The predicted octanol–water partition coefficient (Wildman–Crippen LogP) is 4.68. The second-order valence-electron chi connectivity index (χ2n) is 6.64. The number of rotatable bonds is 2. The number of aryl methyl sites for hydroxylation is 1. The number of carbonyl (C=O) groups excluding carboxylic acids is 1. The molecule has 2 aromatic rings. The summed E-state index contributed by atoms with van der Waals surface area (Å²) in [5, 5.41) is 3.67. The Balaban J connectivity index is 1.89. The average Bonchev–Trinajstić information content (AvgIpc) is 2.45. The largest absolute Gasteiger partial charge is 0.487 e. The van der Waals surface area contributed by atoms with Crippen molar-refractivity contribution in [3.8, 4) is 5.75 Å². The normalized spacial score (nSPS) is 18.7. The lowest BCUT2D eigenvalue weighted by Gasteiger charge is -2.38. The van der Waals surface area contributed by atoms with Gasteiger partial charge in [-0.15, -0.1) is 0 Å². The first-order valence-electron chi connectivity index (χ1n) is 7.70. The van der Waals surface area contributed by atoms with Crippen LogP contribution in [0.1, 0.15) is 47.8 Å². The van der Waals surface area contributed by atoms with Crippen molar-refractivity contribution < 1.29 is 9.53 Å². The molecule has 0 spiro atoms. The number of amides is 1. The third-order valence-electron chi connectivity index (χ3n) is 4.02. The summed E-state index contributed by atoms with van der Waals surface area (Å²) in [5.41, 5.74) is 2.40. The van der Waals surface area contributed by atoms with Gasteiger partial charge in [0.1, 0.15) is 11.4 Å². The van der Waals surface area contributed by atoms with Crippen LogP contribution >= 0.6 is 11.6 Å². The maximum atomic E-state index is 12.5. The molecule has 0 saturated carbocycles. The van der Waals surface area contributed by atoms with Crippen LogP contribution in [-0.4, -0.2) is 11.5 Å². The number of hydrogen-bond acceptors (Lipinski definition) is 2. The van der Waals surface area contributed by atoms with Gasteiger partial charge in [0.25, 0.3) is 5.91 Å². The standard InChI is InChI=1S/C19H20ClNO2/c1-12-7-8-15-16(11-19(2,3)23-17(15)9-12)21-18(22)13-5-4-6-14(20)10-13/h4-10,16H,11H2,1-3H3,(H,21,22). The zero-order chi connectivity index (χ0) is 16.6. The average molecular weight is 330 g/mol. The molecular formula is C19H20ClNO2. The molecule has 3 rings (SSSR count). The molecule has 0 aromatic heterocycles. The van der Waals surface area contributed by atoms with Gasteiger partial charge in [-0.25, -0.2) is 0 Å². The molecule has 1 aliphatic rings. The Morgan fingerprint density at radius 3 is 2.78 bits per heavy atom. The molecule has 1 heterocycles. The van der Waals surface area contributed by atoms with Crippen LogP contribution in [0.5, 0.6) is 5.75 Å². The molecule has 4 heteroatoms. The van der Waals surface area contributed by atoms with Gasteiger partial charge in [0.15, 0.2) is 0 Å². The Labute approximate surface area is 141 Å². The highest BCUT2D eigenvalue weighted by atomic mass is 35.5. The second-order valence-corrected chi connectivity index (χ2v) is 7.08. The van der Waals surface area contributed by atoms with Crippen LogP contribution in [0.2, 0.25) is 5.02 Å². The molecule has 0 radical (unpaired) electrons. The summed E-state index contributed by atoms with van der Waals surface area (Å²) in [6, 6.07) is 13.0. The Kier molecular flexibility index (Phi) is 4.07. The monoisotopic (exact) mass is 329 g/mol. The molecule has 1 atom stereocenters. The minimum absolute atomic E-state index is 0.0826. The van der Waals surface area contributed by atoms with Gasteiger partial charge in [0, 0.05) is 22.6 Å². The number of fused-ring (bicyclic) bond motifs is 1. The Hall–Kier alpha value is -2.00. The predicted molar refractivity (Wildman–Crippen MR) is 92.2 cm³/mol. The maximum Gasteiger partial charge on any atom is 0.251 e. The van der Waals surface area contributed by atoms with Crippen molar-refractivity contribution in [2.45, 2.75) is 38.8 Å². The summed E-state index contributed by atoms with van der Waals surface area (Å²) in [4.78, 5) is 12.5. The minimum Gasteiger partial charge on any atom is -0.487 e. The van der Waals surface area contributed by atoms with E-state index in [1.54, 1.807) is 24.3 Å². The van der Waals surface area contributed by atoms with E-state index in [9.17, 15) is 4.79 Å². The topological polar surface area (TPSA) is 38.3 Å². The number of carbonyl (C=O) groups is 1. The van der Waals surface area contributed by atoms with Crippen LogP contribution in [0.3, 0.4) is 0 Å². The van der Waals surface area contributed by atoms with Gasteiger partial charge >= 0.3 is 0 Å². The SMILES string of the molecule is Cc1ccc2c(c1)OC(C)(C)CC2NC(=O)c1cccc(Cl)c1. The summed E-state index contributed by atoms with van der Waals surface area (Å²) in [6.45, 7) is 6.11. The van der Waals surface area contributed by atoms with Crippen LogP contribution in [-0.2, 0) is 0 Å². The molecule has 1 amide bonds.